The molecule has 0 aliphatic heterocycles. The molecule has 1 atom stereocenters. The summed E-state index contributed by atoms with van der Waals surface area (Å²) in [5, 5.41) is 3.61. The van der Waals surface area contributed by atoms with Gasteiger partial charge in [0.2, 0.25) is 0 Å². The zero-order valence-corrected chi connectivity index (χ0v) is 18.3. The van der Waals surface area contributed by atoms with Crippen molar-refractivity contribution >= 4 is 47.2 Å². The van der Waals surface area contributed by atoms with Gasteiger partial charge in [-0.25, -0.2) is 0 Å². The molecule has 1 aromatic carbocycles. The van der Waals surface area contributed by atoms with Crippen molar-refractivity contribution in [2.45, 2.75) is 32.7 Å². The Hall–Kier alpha value is -0.730. The first-order valence-electron chi connectivity index (χ1n) is 7.99. The summed E-state index contributed by atoms with van der Waals surface area (Å²) in [5.74, 6) is 1.63. The number of ether oxygens (including phenoxy) is 1. The van der Waals surface area contributed by atoms with Crippen LogP contribution in [0.25, 0.3) is 0 Å². The highest BCUT2D eigenvalue weighted by Crippen LogP contribution is 2.27. The molecule has 1 aromatic rings. The number of nitrogens with zero attached hydrogens (tertiary/aromatic N) is 2. The van der Waals surface area contributed by atoms with Gasteiger partial charge in [-0.2, -0.15) is 0 Å². The lowest BCUT2D eigenvalue weighted by atomic mass is 9.93. The fourth-order valence-corrected chi connectivity index (χ4v) is 2.95. The molecule has 1 unspecified atom stereocenters. The number of likely N-dealkylation sites (N-methyl/N-ethyl adjacent to an activating group) is 1. The molecule has 24 heavy (non-hydrogen) atoms. The van der Waals surface area contributed by atoms with E-state index in [-0.39, 0.29) is 24.0 Å². The molecule has 0 bridgehead atoms. The third kappa shape index (κ3) is 7.03. The zero-order chi connectivity index (χ0) is 17.4. The third-order valence-corrected chi connectivity index (χ3v) is 4.42. The largest absolute Gasteiger partial charge is 0.495 e. The van der Waals surface area contributed by atoms with Crippen LogP contribution in [0.1, 0.15) is 26.7 Å². The number of methoxy groups -OCH3 is 1. The van der Waals surface area contributed by atoms with Gasteiger partial charge in [0.15, 0.2) is 5.96 Å². The first-order valence-corrected chi connectivity index (χ1v) is 8.37. The summed E-state index contributed by atoms with van der Waals surface area (Å²) in [5.41, 5.74) is 6.80. The number of benzene rings is 1. The van der Waals surface area contributed by atoms with Crippen LogP contribution in [0.5, 0.6) is 5.75 Å². The molecule has 0 saturated heterocycles. The molecular weight excluding hydrogens is 439 g/mol. The van der Waals surface area contributed by atoms with Crippen LogP contribution in [0.15, 0.2) is 23.2 Å². The van der Waals surface area contributed by atoms with E-state index >= 15 is 0 Å². The molecule has 0 aliphatic carbocycles. The van der Waals surface area contributed by atoms with Gasteiger partial charge in [0.1, 0.15) is 5.75 Å². The Balaban J connectivity index is 0.00000529. The van der Waals surface area contributed by atoms with Gasteiger partial charge in [-0.05, 0) is 38.2 Å². The lowest BCUT2D eigenvalue weighted by Crippen LogP contribution is -2.38. The van der Waals surface area contributed by atoms with Crippen molar-refractivity contribution < 1.29 is 4.74 Å². The smallest absolute Gasteiger partial charge is 0.193 e. The molecule has 0 saturated carbocycles. The Labute approximate surface area is 168 Å². The predicted molar refractivity (Wildman–Crippen MR) is 115 cm³/mol. The van der Waals surface area contributed by atoms with Gasteiger partial charge in [-0.15, -0.1) is 24.0 Å². The first-order chi connectivity index (χ1) is 10.9. The molecule has 7 heteroatoms. The van der Waals surface area contributed by atoms with Crippen LogP contribution >= 0.6 is 35.6 Å². The molecule has 138 valence electrons. The maximum atomic E-state index is 6.11. The van der Waals surface area contributed by atoms with E-state index in [9.17, 15) is 0 Å². The average molecular weight is 469 g/mol. The average Bonchev–Trinajstić information content (AvgIpc) is 2.51. The van der Waals surface area contributed by atoms with Crippen LogP contribution in [0.4, 0.5) is 5.69 Å². The molecule has 0 fully saturated rings. The van der Waals surface area contributed by atoms with Crippen LogP contribution in [-0.2, 0) is 0 Å². The van der Waals surface area contributed by atoms with E-state index in [1.54, 1.807) is 19.2 Å². The van der Waals surface area contributed by atoms with Crippen LogP contribution in [0.2, 0.25) is 5.02 Å². The minimum absolute atomic E-state index is 0. The van der Waals surface area contributed by atoms with Gasteiger partial charge >= 0.3 is 0 Å². The Kier molecular flexibility index (Phi) is 11.4. The van der Waals surface area contributed by atoms with Gasteiger partial charge in [0, 0.05) is 11.7 Å². The van der Waals surface area contributed by atoms with E-state index in [0.717, 1.165) is 18.5 Å². The number of nitrogens with two attached hydrogens (primary N) is 1. The van der Waals surface area contributed by atoms with Gasteiger partial charge in [0.05, 0.1) is 18.7 Å². The number of aliphatic imine (C=N–C) groups is 1. The Morgan fingerprint density at radius 2 is 1.96 bits per heavy atom. The molecule has 1 rings (SSSR count). The van der Waals surface area contributed by atoms with Gasteiger partial charge in [0.25, 0.3) is 0 Å². The summed E-state index contributed by atoms with van der Waals surface area (Å²) in [6, 6.07) is 5.81. The molecule has 0 amide bonds. The summed E-state index contributed by atoms with van der Waals surface area (Å²) < 4.78 is 5.13. The van der Waals surface area contributed by atoms with Crippen LogP contribution in [-0.4, -0.2) is 44.7 Å². The Bertz CT molecular complexity index is 521. The second-order valence-electron chi connectivity index (χ2n) is 5.81. The fraction of sp³-hybridized carbons (Fsp3) is 0.588. The Morgan fingerprint density at radius 3 is 2.42 bits per heavy atom. The van der Waals surface area contributed by atoms with E-state index in [1.165, 1.54) is 0 Å². The minimum Gasteiger partial charge on any atom is -0.495 e. The van der Waals surface area contributed by atoms with Crippen LogP contribution in [0.3, 0.4) is 0 Å². The number of hydrogen-bond donors (Lipinski definition) is 2. The van der Waals surface area contributed by atoms with Crippen molar-refractivity contribution in [2.75, 3.05) is 33.1 Å². The second-order valence-corrected chi connectivity index (χ2v) is 6.21. The van der Waals surface area contributed by atoms with E-state index in [0.29, 0.717) is 35.2 Å². The molecule has 0 aliphatic rings. The predicted octanol–water partition coefficient (Wildman–Crippen LogP) is 4.06. The normalized spacial score (nSPS) is 12.9. The zero-order valence-electron chi connectivity index (χ0n) is 15.2. The second kappa shape index (κ2) is 11.8. The number of anilines is 1. The van der Waals surface area contributed by atoms with Crippen molar-refractivity contribution in [1.82, 2.24) is 4.90 Å². The number of rotatable bonds is 8. The van der Waals surface area contributed by atoms with E-state index in [2.05, 4.69) is 43.2 Å². The van der Waals surface area contributed by atoms with Crippen molar-refractivity contribution in [3.05, 3.63) is 23.2 Å². The van der Waals surface area contributed by atoms with E-state index in [1.807, 2.05) is 6.07 Å². The maximum Gasteiger partial charge on any atom is 0.193 e. The number of halogens is 2. The molecule has 5 nitrogen and oxygen atoms in total. The van der Waals surface area contributed by atoms with Crippen LogP contribution < -0.4 is 15.8 Å². The van der Waals surface area contributed by atoms with Crippen molar-refractivity contribution in [2.24, 2.45) is 16.6 Å². The monoisotopic (exact) mass is 468 g/mol. The summed E-state index contributed by atoms with van der Waals surface area (Å²) in [6.45, 7) is 5.10. The highest BCUT2D eigenvalue weighted by atomic mass is 127. The molecule has 0 radical (unpaired) electrons. The number of hydrogen-bond acceptors (Lipinski definition) is 3. The molecule has 3 N–H and O–H groups in total. The summed E-state index contributed by atoms with van der Waals surface area (Å²) in [7, 11) is 5.76. The molecule has 0 spiro atoms. The highest BCUT2D eigenvalue weighted by Gasteiger charge is 2.20. The van der Waals surface area contributed by atoms with E-state index in [4.69, 9.17) is 22.1 Å². The maximum absolute atomic E-state index is 6.11. The molecular formula is C17H30ClIN4O. The molecule has 0 heterocycles. The quantitative estimate of drug-likeness (QED) is 0.343. The highest BCUT2D eigenvalue weighted by molar-refractivity contribution is 14.0. The standard InChI is InChI=1S/C17H29ClN4O.HI/c1-6-12(7-2)15(22(3)4)11-20-17(19)21-13-8-9-16(23-5)14(18)10-13;/h8-10,12,15H,6-7,11H2,1-5H3,(H3,19,20,21);1H. The lowest BCUT2D eigenvalue weighted by molar-refractivity contribution is 0.206. The summed E-state index contributed by atoms with van der Waals surface area (Å²) >= 11 is 6.11. The number of guanidine groups is 1. The first kappa shape index (κ1) is 23.3. The van der Waals surface area contributed by atoms with Crippen molar-refractivity contribution in [3.63, 3.8) is 0 Å². The van der Waals surface area contributed by atoms with Crippen molar-refractivity contribution in [3.8, 4) is 5.75 Å². The lowest BCUT2D eigenvalue weighted by Gasteiger charge is -2.30. The van der Waals surface area contributed by atoms with Crippen LogP contribution in [0, 0.1) is 5.92 Å². The van der Waals surface area contributed by atoms with Gasteiger partial charge in [-0.3, -0.25) is 4.99 Å². The van der Waals surface area contributed by atoms with Crippen molar-refractivity contribution in [1.29, 1.82) is 0 Å². The molecule has 0 aromatic heterocycles. The van der Waals surface area contributed by atoms with Gasteiger partial charge in [-0.1, -0.05) is 38.3 Å². The fourth-order valence-electron chi connectivity index (χ4n) is 2.69. The summed E-state index contributed by atoms with van der Waals surface area (Å²) in [4.78, 5) is 6.72. The topological polar surface area (TPSA) is 62.9 Å². The number of nitrogens with one attached hydrogen (secondary N) is 1. The van der Waals surface area contributed by atoms with Gasteiger partial charge < -0.3 is 20.7 Å². The summed E-state index contributed by atoms with van der Waals surface area (Å²) in [6.07, 6.45) is 2.27. The SMILES string of the molecule is CCC(CC)C(CN=C(N)Nc1ccc(OC)c(Cl)c1)N(C)C.I. The minimum atomic E-state index is 0. The Morgan fingerprint density at radius 1 is 1.33 bits per heavy atom. The third-order valence-electron chi connectivity index (χ3n) is 4.13. The van der Waals surface area contributed by atoms with E-state index < -0.39 is 0 Å².